The van der Waals surface area contributed by atoms with Crippen molar-refractivity contribution in [3.8, 4) is 11.4 Å². The number of nitrogens with zero attached hydrogens (tertiary/aromatic N) is 4. The van der Waals surface area contributed by atoms with E-state index in [1.165, 1.54) is 29.3 Å². The largest absolute Gasteiger partial charge is 0.495 e. The molecule has 0 bridgehead atoms. The number of methoxy groups -OCH3 is 1. The SMILES string of the molecule is COc1ccccc1-n1c(SCC(=O)N[C@@H]2CCCc3ccccc32)nnc1N1CCCCC1. The van der Waals surface area contributed by atoms with Crippen molar-refractivity contribution in [2.45, 2.75) is 49.7 Å². The Morgan fingerprint density at radius 3 is 2.71 bits per heavy atom. The second-order valence-electron chi connectivity index (χ2n) is 8.84. The van der Waals surface area contributed by atoms with Crippen LogP contribution in [0.25, 0.3) is 5.69 Å². The maximum Gasteiger partial charge on any atom is 0.232 e. The molecule has 34 heavy (non-hydrogen) atoms. The van der Waals surface area contributed by atoms with Gasteiger partial charge in [-0.25, -0.2) is 0 Å². The Labute approximate surface area is 204 Å². The van der Waals surface area contributed by atoms with E-state index in [0.717, 1.165) is 62.6 Å². The Bertz CT molecular complexity index is 1140. The van der Waals surface area contributed by atoms with E-state index in [9.17, 15) is 4.79 Å². The number of carbonyl (C=O) groups excluding carboxylic acids is 1. The number of hydrogen-bond donors (Lipinski definition) is 1. The van der Waals surface area contributed by atoms with Gasteiger partial charge in [0.25, 0.3) is 0 Å². The van der Waals surface area contributed by atoms with E-state index in [1.807, 2.05) is 28.8 Å². The van der Waals surface area contributed by atoms with Crippen molar-refractivity contribution in [2.24, 2.45) is 0 Å². The zero-order chi connectivity index (χ0) is 23.3. The summed E-state index contributed by atoms with van der Waals surface area (Å²) in [5.41, 5.74) is 3.48. The van der Waals surface area contributed by atoms with Crippen LogP contribution >= 0.6 is 11.8 Å². The third kappa shape index (κ3) is 4.78. The number of carbonyl (C=O) groups is 1. The number of benzene rings is 2. The van der Waals surface area contributed by atoms with Gasteiger partial charge in [-0.2, -0.15) is 0 Å². The smallest absolute Gasteiger partial charge is 0.232 e. The minimum Gasteiger partial charge on any atom is -0.495 e. The second kappa shape index (κ2) is 10.5. The van der Waals surface area contributed by atoms with Crippen molar-refractivity contribution in [1.82, 2.24) is 20.1 Å². The van der Waals surface area contributed by atoms with Gasteiger partial charge < -0.3 is 15.0 Å². The number of rotatable bonds is 7. The molecule has 1 fully saturated rings. The van der Waals surface area contributed by atoms with Crippen LogP contribution in [-0.2, 0) is 11.2 Å². The predicted molar refractivity (Wildman–Crippen MR) is 135 cm³/mol. The fourth-order valence-corrected chi connectivity index (χ4v) is 5.70. The number of fused-ring (bicyclic) bond motifs is 1. The number of anilines is 1. The maximum atomic E-state index is 12.9. The van der Waals surface area contributed by atoms with E-state index in [1.54, 1.807) is 7.11 Å². The van der Waals surface area contributed by atoms with Gasteiger partial charge in [0.1, 0.15) is 5.75 Å². The third-order valence-electron chi connectivity index (χ3n) is 6.62. The van der Waals surface area contributed by atoms with Crippen LogP contribution in [0.3, 0.4) is 0 Å². The number of hydrogen-bond acceptors (Lipinski definition) is 6. The summed E-state index contributed by atoms with van der Waals surface area (Å²) in [5, 5.41) is 13.0. The molecule has 1 aromatic heterocycles. The molecule has 0 radical (unpaired) electrons. The van der Waals surface area contributed by atoms with Crippen molar-refractivity contribution in [3.05, 3.63) is 59.7 Å². The lowest BCUT2D eigenvalue weighted by atomic mass is 9.88. The molecular weight excluding hydrogens is 446 g/mol. The van der Waals surface area contributed by atoms with Gasteiger partial charge >= 0.3 is 0 Å². The summed E-state index contributed by atoms with van der Waals surface area (Å²) in [6.07, 6.45) is 6.68. The monoisotopic (exact) mass is 477 g/mol. The molecule has 1 saturated heterocycles. The van der Waals surface area contributed by atoms with Gasteiger partial charge in [-0.1, -0.05) is 48.2 Å². The van der Waals surface area contributed by atoms with Gasteiger partial charge in [-0.15, -0.1) is 10.2 Å². The highest BCUT2D eigenvalue weighted by molar-refractivity contribution is 7.99. The van der Waals surface area contributed by atoms with Crippen molar-refractivity contribution < 1.29 is 9.53 Å². The molecule has 1 N–H and O–H groups in total. The minimum atomic E-state index is 0.0146. The lowest BCUT2D eigenvalue weighted by molar-refractivity contribution is -0.119. The van der Waals surface area contributed by atoms with Crippen molar-refractivity contribution >= 4 is 23.6 Å². The van der Waals surface area contributed by atoms with E-state index in [2.05, 4.69) is 44.7 Å². The standard InChI is InChI=1S/C26H31N5O2S/c1-33-23-15-6-5-14-22(23)31-25(30-16-7-2-8-17-30)28-29-26(31)34-18-24(32)27-21-13-9-11-19-10-3-4-12-20(19)21/h3-6,10,12,14-15,21H,2,7-9,11,13,16-18H2,1H3,(H,27,32)/t21-/m1/s1. The average molecular weight is 478 g/mol. The van der Waals surface area contributed by atoms with Gasteiger partial charge in [0, 0.05) is 13.1 Å². The van der Waals surface area contributed by atoms with Crippen molar-refractivity contribution in [1.29, 1.82) is 0 Å². The Balaban J connectivity index is 1.36. The second-order valence-corrected chi connectivity index (χ2v) is 9.78. The molecule has 2 aromatic carbocycles. The van der Waals surface area contributed by atoms with Gasteiger partial charge in [0.15, 0.2) is 5.16 Å². The molecule has 8 heteroatoms. The van der Waals surface area contributed by atoms with Crippen molar-refractivity contribution in [3.63, 3.8) is 0 Å². The van der Waals surface area contributed by atoms with Crippen LogP contribution in [0.5, 0.6) is 5.75 Å². The zero-order valence-corrected chi connectivity index (χ0v) is 20.4. The molecule has 1 amide bonds. The van der Waals surface area contributed by atoms with Crippen LogP contribution in [0.15, 0.2) is 53.7 Å². The number of para-hydroxylation sites is 2. The molecule has 2 aliphatic rings. The number of aryl methyl sites for hydroxylation is 1. The van der Waals surface area contributed by atoms with E-state index in [4.69, 9.17) is 4.74 Å². The molecule has 5 rings (SSSR count). The lowest BCUT2D eigenvalue weighted by Crippen LogP contribution is -2.32. The Morgan fingerprint density at radius 2 is 1.85 bits per heavy atom. The van der Waals surface area contributed by atoms with Gasteiger partial charge in [-0.3, -0.25) is 9.36 Å². The van der Waals surface area contributed by atoms with E-state index in [0.29, 0.717) is 5.16 Å². The highest BCUT2D eigenvalue weighted by Crippen LogP contribution is 2.33. The van der Waals surface area contributed by atoms with Crippen LogP contribution < -0.4 is 15.0 Å². The molecule has 3 aromatic rings. The predicted octanol–water partition coefficient (Wildman–Crippen LogP) is 4.55. The van der Waals surface area contributed by atoms with E-state index < -0.39 is 0 Å². The van der Waals surface area contributed by atoms with Gasteiger partial charge in [0.2, 0.25) is 11.9 Å². The number of piperidine rings is 1. The fraction of sp³-hybridized carbons (Fsp3) is 0.423. The summed E-state index contributed by atoms with van der Waals surface area (Å²) in [6, 6.07) is 16.4. The first kappa shape index (κ1) is 22.8. The summed E-state index contributed by atoms with van der Waals surface area (Å²) < 4.78 is 7.68. The van der Waals surface area contributed by atoms with Crippen LogP contribution in [0.1, 0.15) is 49.3 Å². The molecule has 1 aliphatic heterocycles. The molecule has 0 spiro atoms. The summed E-state index contributed by atoms with van der Waals surface area (Å²) >= 11 is 1.42. The highest BCUT2D eigenvalue weighted by Gasteiger charge is 2.25. The number of thioether (sulfide) groups is 1. The quantitative estimate of drug-likeness (QED) is 0.503. The molecule has 0 saturated carbocycles. The van der Waals surface area contributed by atoms with Crippen LogP contribution in [0, 0.1) is 0 Å². The van der Waals surface area contributed by atoms with E-state index in [-0.39, 0.29) is 17.7 Å². The lowest BCUT2D eigenvalue weighted by Gasteiger charge is -2.28. The number of amides is 1. The summed E-state index contributed by atoms with van der Waals surface area (Å²) in [4.78, 5) is 15.2. The van der Waals surface area contributed by atoms with Gasteiger partial charge in [-0.05, 0) is 61.8 Å². The Hall–Kier alpha value is -3.00. The maximum absolute atomic E-state index is 12.9. The topological polar surface area (TPSA) is 72.3 Å². The van der Waals surface area contributed by atoms with Crippen molar-refractivity contribution in [2.75, 3.05) is 30.9 Å². The molecular formula is C26H31N5O2S. The first-order chi connectivity index (χ1) is 16.7. The van der Waals surface area contributed by atoms with Crippen LogP contribution in [-0.4, -0.2) is 46.6 Å². The zero-order valence-electron chi connectivity index (χ0n) is 19.6. The Kier molecular flexibility index (Phi) is 7.04. The summed E-state index contributed by atoms with van der Waals surface area (Å²) in [5.74, 6) is 1.87. The first-order valence-electron chi connectivity index (χ1n) is 12.1. The number of nitrogens with one attached hydrogen (secondary N) is 1. The Morgan fingerprint density at radius 1 is 1.06 bits per heavy atom. The molecule has 7 nitrogen and oxygen atoms in total. The molecule has 0 unspecified atom stereocenters. The number of ether oxygens (including phenoxy) is 1. The van der Waals surface area contributed by atoms with Gasteiger partial charge in [0.05, 0.1) is 24.6 Å². The normalized spacial score (nSPS) is 17.8. The van der Waals surface area contributed by atoms with Crippen LogP contribution in [0.4, 0.5) is 5.95 Å². The molecule has 1 aliphatic carbocycles. The summed E-state index contributed by atoms with van der Waals surface area (Å²) in [7, 11) is 1.67. The van der Waals surface area contributed by atoms with Crippen LogP contribution in [0.2, 0.25) is 0 Å². The average Bonchev–Trinajstić information content (AvgIpc) is 3.32. The molecule has 2 heterocycles. The molecule has 178 valence electrons. The first-order valence-corrected chi connectivity index (χ1v) is 13.1. The number of aromatic nitrogens is 3. The van der Waals surface area contributed by atoms with E-state index >= 15 is 0 Å². The minimum absolute atomic E-state index is 0.0146. The third-order valence-corrected chi connectivity index (χ3v) is 7.55. The summed E-state index contributed by atoms with van der Waals surface area (Å²) in [6.45, 7) is 1.92. The fourth-order valence-electron chi connectivity index (χ4n) is 4.95. The highest BCUT2D eigenvalue weighted by atomic mass is 32.2. The molecule has 1 atom stereocenters.